The van der Waals surface area contributed by atoms with Crippen molar-refractivity contribution in [3.63, 3.8) is 0 Å². The Labute approximate surface area is 89.9 Å². The zero-order chi connectivity index (χ0) is 10.8. The molecule has 0 heterocycles. The van der Waals surface area contributed by atoms with Gasteiger partial charge in [-0.1, -0.05) is 24.3 Å². The maximum Gasteiger partial charge on any atom is 0.160 e. The number of carbonyl (C=O) groups excluding carboxylic acids is 1. The maximum absolute atomic E-state index is 11.4. The first-order valence-corrected chi connectivity index (χ1v) is 5.46. The quantitative estimate of drug-likeness (QED) is 0.751. The zero-order valence-corrected chi connectivity index (χ0v) is 8.94. The lowest BCUT2D eigenvalue weighted by Crippen LogP contribution is -2.04. The lowest BCUT2D eigenvalue weighted by molar-refractivity contribution is 0.101. The van der Waals surface area contributed by atoms with E-state index in [4.69, 9.17) is 0 Å². The second-order valence-electron chi connectivity index (χ2n) is 4.31. The van der Waals surface area contributed by atoms with E-state index >= 15 is 0 Å². The smallest absolute Gasteiger partial charge is 0.160 e. The number of aliphatic hydroxyl groups excluding tert-OH is 1. The standard InChI is InChI=1S/C13H16O2/c1-9(14)12-4-2-3-5-13(12)10-6-7-11(15)8-10/h2-5,10-11,15H,6-8H2,1H3. The highest BCUT2D eigenvalue weighted by Gasteiger charge is 2.26. The number of benzene rings is 1. The van der Waals surface area contributed by atoms with E-state index in [2.05, 4.69) is 0 Å². The van der Waals surface area contributed by atoms with Crippen molar-refractivity contribution < 1.29 is 9.90 Å². The number of Topliss-reactive ketones (excluding diaryl/α,β-unsaturated/α-hetero) is 1. The molecule has 2 nitrogen and oxygen atoms in total. The second kappa shape index (κ2) is 4.15. The van der Waals surface area contributed by atoms with Crippen molar-refractivity contribution in [1.29, 1.82) is 0 Å². The average molecular weight is 204 g/mol. The van der Waals surface area contributed by atoms with Crippen molar-refractivity contribution in [1.82, 2.24) is 0 Å². The summed E-state index contributed by atoms with van der Waals surface area (Å²) >= 11 is 0. The zero-order valence-electron chi connectivity index (χ0n) is 8.94. The fourth-order valence-corrected chi connectivity index (χ4v) is 2.41. The molecule has 1 aliphatic carbocycles. The molecule has 2 rings (SSSR count). The van der Waals surface area contributed by atoms with Crippen LogP contribution in [0, 0.1) is 0 Å². The largest absolute Gasteiger partial charge is 0.393 e. The molecule has 0 radical (unpaired) electrons. The SMILES string of the molecule is CC(=O)c1ccccc1C1CCC(O)C1. The highest BCUT2D eigenvalue weighted by molar-refractivity contribution is 5.95. The van der Waals surface area contributed by atoms with Crippen LogP contribution in [0.25, 0.3) is 0 Å². The van der Waals surface area contributed by atoms with Crippen LogP contribution in [0.5, 0.6) is 0 Å². The Kier molecular flexibility index (Phi) is 2.87. The van der Waals surface area contributed by atoms with Crippen LogP contribution in [0.15, 0.2) is 24.3 Å². The van der Waals surface area contributed by atoms with E-state index in [0.717, 1.165) is 30.4 Å². The molecule has 2 unspecified atom stereocenters. The summed E-state index contributed by atoms with van der Waals surface area (Å²) in [6.07, 6.45) is 2.46. The van der Waals surface area contributed by atoms with Crippen LogP contribution in [-0.4, -0.2) is 17.0 Å². The maximum atomic E-state index is 11.4. The van der Waals surface area contributed by atoms with E-state index in [1.807, 2.05) is 24.3 Å². The predicted octanol–water partition coefficient (Wildman–Crippen LogP) is 2.52. The van der Waals surface area contributed by atoms with Gasteiger partial charge in [0.1, 0.15) is 0 Å². The summed E-state index contributed by atoms with van der Waals surface area (Å²) in [5, 5.41) is 9.51. The summed E-state index contributed by atoms with van der Waals surface area (Å²) in [7, 11) is 0. The number of carbonyl (C=O) groups is 1. The van der Waals surface area contributed by atoms with Gasteiger partial charge in [-0.3, -0.25) is 4.79 Å². The molecule has 1 fully saturated rings. The van der Waals surface area contributed by atoms with Gasteiger partial charge in [-0.25, -0.2) is 0 Å². The molecule has 0 amide bonds. The first-order chi connectivity index (χ1) is 7.18. The fraction of sp³-hybridized carbons (Fsp3) is 0.462. The van der Waals surface area contributed by atoms with Crippen LogP contribution < -0.4 is 0 Å². The minimum absolute atomic E-state index is 0.118. The molecule has 1 N–H and O–H groups in total. The Balaban J connectivity index is 2.31. The van der Waals surface area contributed by atoms with Crippen LogP contribution in [-0.2, 0) is 0 Å². The first kappa shape index (κ1) is 10.4. The molecule has 80 valence electrons. The summed E-state index contributed by atoms with van der Waals surface area (Å²) in [5.74, 6) is 0.479. The molecule has 1 aromatic rings. The molecule has 0 aromatic heterocycles. The lowest BCUT2D eigenvalue weighted by atomic mass is 9.91. The van der Waals surface area contributed by atoms with Gasteiger partial charge in [0.05, 0.1) is 6.10 Å². The van der Waals surface area contributed by atoms with Crippen molar-refractivity contribution in [2.24, 2.45) is 0 Å². The monoisotopic (exact) mass is 204 g/mol. The summed E-state index contributed by atoms with van der Waals surface area (Å²) < 4.78 is 0. The second-order valence-corrected chi connectivity index (χ2v) is 4.31. The Hall–Kier alpha value is -1.15. The van der Waals surface area contributed by atoms with E-state index in [9.17, 15) is 9.90 Å². The van der Waals surface area contributed by atoms with Gasteiger partial charge in [0.25, 0.3) is 0 Å². The van der Waals surface area contributed by atoms with Gasteiger partial charge in [-0.2, -0.15) is 0 Å². The molecular formula is C13H16O2. The van der Waals surface area contributed by atoms with Crippen LogP contribution in [0.2, 0.25) is 0 Å². The summed E-state index contributed by atoms with van der Waals surface area (Å²) in [5.41, 5.74) is 1.93. The van der Waals surface area contributed by atoms with Gasteiger partial charge in [0.2, 0.25) is 0 Å². The number of hydrogen-bond acceptors (Lipinski definition) is 2. The van der Waals surface area contributed by atoms with Crippen molar-refractivity contribution in [2.45, 2.75) is 38.2 Å². The highest BCUT2D eigenvalue weighted by Crippen LogP contribution is 2.36. The molecular weight excluding hydrogens is 188 g/mol. The average Bonchev–Trinajstić information content (AvgIpc) is 2.65. The van der Waals surface area contributed by atoms with Crippen LogP contribution in [0.1, 0.15) is 48.0 Å². The van der Waals surface area contributed by atoms with Gasteiger partial charge < -0.3 is 5.11 Å². The molecule has 1 aliphatic rings. The minimum atomic E-state index is -0.185. The van der Waals surface area contributed by atoms with E-state index < -0.39 is 0 Å². The summed E-state index contributed by atoms with van der Waals surface area (Å²) in [6, 6.07) is 7.75. The number of ketones is 1. The van der Waals surface area contributed by atoms with Crippen molar-refractivity contribution in [3.8, 4) is 0 Å². The third-order valence-corrected chi connectivity index (χ3v) is 3.18. The molecule has 0 saturated heterocycles. The molecule has 2 heteroatoms. The Morgan fingerprint density at radius 1 is 1.33 bits per heavy atom. The van der Waals surface area contributed by atoms with E-state index in [0.29, 0.717) is 5.92 Å². The molecule has 2 atom stereocenters. The van der Waals surface area contributed by atoms with Gasteiger partial charge >= 0.3 is 0 Å². The van der Waals surface area contributed by atoms with E-state index in [-0.39, 0.29) is 11.9 Å². The van der Waals surface area contributed by atoms with Crippen LogP contribution in [0.4, 0.5) is 0 Å². The van der Waals surface area contributed by atoms with E-state index in [1.165, 1.54) is 0 Å². The Bertz CT molecular complexity index is 371. The Morgan fingerprint density at radius 2 is 2.07 bits per heavy atom. The molecule has 0 bridgehead atoms. The number of hydrogen-bond donors (Lipinski definition) is 1. The fourth-order valence-electron chi connectivity index (χ4n) is 2.41. The molecule has 1 aromatic carbocycles. The van der Waals surface area contributed by atoms with Gasteiger partial charge in [-0.15, -0.1) is 0 Å². The lowest BCUT2D eigenvalue weighted by Gasteiger charge is -2.13. The minimum Gasteiger partial charge on any atom is -0.393 e. The van der Waals surface area contributed by atoms with Crippen LogP contribution >= 0.6 is 0 Å². The number of rotatable bonds is 2. The summed E-state index contributed by atoms with van der Waals surface area (Å²) in [6.45, 7) is 1.60. The number of aliphatic hydroxyl groups is 1. The first-order valence-electron chi connectivity index (χ1n) is 5.46. The van der Waals surface area contributed by atoms with E-state index in [1.54, 1.807) is 6.92 Å². The third-order valence-electron chi connectivity index (χ3n) is 3.18. The topological polar surface area (TPSA) is 37.3 Å². The van der Waals surface area contributed by atoms with Gasteiger partial charge in [-0.05, 0) is 37.7 Å². The predicted molar refractivity (Wildman–Crippen MR) is 59.0 cm³/mol. The molecule has 1 saturated carbocycles. The third kappa shape index (κ3) is 2.10. The molecule has 0 spiro atoms. The van der Waals surface area contributed by atoms with Gasteiger partial charge in [0.15, 0.2) is 5.78 Å². The molecule has 15 heavy (non-hydrogen) atoms. The highest BCUT2D eigenvalue weighted by atomic mass is 16.3. The van der Waals surface area contributed by atoms with Gasteiger partial charge in [0, 0.05) is 5.56 Å². The normalized spacial score (nSPS) is 25.5. The molecule has 0 aliphatic heterocycles. The van der Waals surface area contributed by atoms with Crippen molar-refractivity contribution in [3.05, 3.63) is 35.4 Å². The summed E-state index contributed by atoms with van der Waals surface area (Å²) in [4.78, 5) is 11.4. The van der Waals surface area contributed by atoms with Crippen molar-refractivity contribution >= 4 is 5.78 Å². The van der Waals surface area contributed by atoms with Crippen LogP contribution in [0.3, 0.4) is 0 Å². The Morgan fingerprint density at radius 3 is 2.67 bits per heavy atom. The van der Waals surface area contributed by atoms with Crippen molar-refractivity contribution in [2.75, 3.05) is 0 Å².